The van der Waals surface area contributed by atoms with Gasteiger partial charge in [0, 0.05) is 28.5 Å². The first-order chi connectivity index (χ1) is 14.5. The number of rotatable bonds is 5. The van der Waals surface area contributed by atoms with Crippen LogP contribution in [0.25, 0.3) is 0 Å². The van der Waals surface area contributed by atoms with Crippen LogP contribution in [0.1, 0.15) is 33.9 Å². The molecule has 3 heterocycles. The van der Waals surface area contributed by atoms with Crippen LogP contribution in [0.2, 0.25) is 0 Å². The Kier molecular flexibility index (Phi) is 6.15. The summed E-state index contributed by atoms with van der Waals surface area (Å²) >= 11 is 2.89. The van der Waals surface area contributed by atoms with Gasteiger partial charge in [0.25, 0.3) is 5.91 Å². The zero-order valence-corrected chi connectivity index (χ0v) is 18.4. The molecule has 30 heavy (non-hydrogen) atoms. The van der Waals surface area contributed by atoms with E-state index in [1.807, 2.05) is 55.6 Å². The van der Waals surface area contributed by atoms with Gasteiger partial charge in [-0.3, -0.25) is 9.59 Å². The van der Waals surface area contributed by atoms with Gasteiger partial charge in [-0.25, -0.2) is 9.97 Å². The molecule has 1 aliphatic heterocycles. The van der Waals surface area contributed by atoms with E-state index in [0.717, 1.165) is 22.7 Å². The summed E-state index contributed by atoms with van der Waals surface area (Å²) in [6, 6.07) is 12.8. The minimum Gasteiger partial charge on any atom is -0.326 e. The first-order valence-electron chi connectivity index (χ1n) is 9.75. The summed E-state index contributed by atoms with van der Waals surface area (Å²) in [6.07, 6.45) is 1.52. The van der Waals surface area contributed by atoms with Crippen molar-refractivity contribution in [2.75, 3.05) is 11.9 Å². The first-order valence-corrected chi connectivity index (χ1v) is 11.4. The van der Waals surface area contributed by atoms with Gasteiger partial charge in [0.1, 0.15) is 6.04 Å². The van der Waals surface area contributed by atoms with Gasteiger partial charge in [-0.2, -0.15) is 0 Å². The lowest BCUT2D eigenvalue weighted by Crippen LogP contribution is -2.42. The molecule has 0 unspecified atom stereocenters. The smallest absolute Gasteiger partial charge is 0.264 e. The highest BCUT2D eigenvalue weighted by Crippen LogP contribution is 2.27. The SMILES string of the molecule is Cc1cc(C)nc(Sc2ccc(NC(=O)[C@@H]3CCCN3C(=O)c3cccs3)cc2)n1. The van der Waals surface area contributed by atoms with Gasteiger partial charge in [-0.1, -0.05) is 6.07 Å². The van der Waals surface area contributed by atoms with Crippen LogP contribution in [0.3, 0.4) is 0 Å². The summed E-state index contributed by atoms with van der Waals surface area (Å²) in [5.41, 5.74) is 2.58. The van der Waals surface area contributed by atoms with Gasteiger partial charge in [0.15, 0.2) is 5.16 Å². The Morgan fingerprint density at radius 3 is 2.53 bits per heavy atom. The molecule has 154 valence electrons. The van der Waals surface area contributed by atoms with E-state index in [0.29, 0.717) is 28.7 Å². The second-order valence-corrected chi connectivity index (χ2v) is 9.17. The van der Waals surface area contributed by atoms with Crippen molar-refractivity contribution in [3.63, 3.8) is 0 Å². The number of carbonyl (C=O) groups is 2. The van der Waals surface area contributed by atoms with E-state index in [1.54, 1.807) is 11.0 Å². The van der Waals surface area contributed by atoms with Crippen molar-refractivity contribution in [1.82, 2.24) is 14.9 Å². The van der Waals surface area contributed by atoms with Crippen LogP contribution in [0.4, 0.5) is 5.69 Å². The standard InChI is InChI=1S/C22H22N4O2S2/c1-14-13-15(2)24-22(23-14)30-17-9-7-16(8-10-17)25-20(27)18-5-3-11-26(18)21(28)19-6-4-12-29-19/h4,6-10,12-13,18H,3,5,11H2,1-2H3,(H,25,27)/t18-/m0/s1. The van der Waals surface area contributed by atoms with Crippen LogP contribution < -0.4 is 5.32 Å². The number of aryl methyl sites for hydroxylation is 2. The Bertz CT molecular complexity index is 1030. The molecule has 0 saturated carbocycles. The van der Waals surface area contributed by atoms with E-state index in [-0.39, 0.29) is 11.8 Å². The summed E-state index contributed by atoms with van der Waals surface area (Å²) < 4.78 is 0. The van der Waals surface area contributed by atoms with Crippen LogP contribution >= 0.6 is 23.1 Å². The number of nitrogens with zero attached hydrogens (tertiary/aromatic N) is 3. The Morgan fingerprint density at radius 1 is 1.13 bits per heavy atom. The third kappa shape index (κ3) is 4.71. The lowest BCUT2D eigenvalue weighted by molar-refractivity contribution is -0.119. The summed E-state index contributed by atoms with van der Waals surface area (Å²) in [4.78, 5) is 37.7. The normalized spacial score (nSPS) is 15.9. The van der Waals surface area contributed by atoms with Gasteiger partial charge in [-0.15, -0.1) is 11.3 Å². The molecule has 1 aromatic carbocycles. The molecule has 1 aliphatic rings. The van der Waals surface area contributed by atoms with E-state index < -0.39 is 6.04 Å². The van der Waals surface area contributed by atoms with Gasteiger partial charge >= 0.3 is 0 Å². The number of benzene rings is 1. The number of thiophene rings is 1. The van der Waals surface area contributed by atoms with Gasteiger partial charge in [0.05, 0.1) is 4.88 Å². The van der Waals surface area contributed by atoms with Crippen LogP contribution in [0, 0.1) is 13.8 Å². The molecule has 0 aliphatic carbocycles. The number of likely N-dealkylation sites (tertiary alicyclic amines) is 1. The molecule has 0 bridgehead atoms. The number of nitrogens with one attached hydrogen (secondary N) is 1. The fourth-order valence-corrected chi connectivity index (χ4v) is 5.04. The maximum absolute atomic E-state index is 12.8. The lowest BCUT2D eigenvalue weighted by atomic mass is 10.2. The van der Waals surface area contributed by atoms with E-state index in [1.165, 1.54) is 23.1 Å². The van der Waals surface area contributed by atoms with E-state index >= 15 is 0 Å². The summed E-state index contributed by atoms with van der Waals surface area (Å²) in [6.45, 7) is 4.51. The minimum atomic E-state index is -0.433. The number of amides is 2. The van der Waals surface area contributed by atoms with Crippen molar-refractivity contribution in [3.05, 3.63) is 64.1 Å². The third-order valence-electron chi connectivity index (χ3n) is 4.84. The topological polar surface area (TPSA) is 75.2 Å². The Labute approximate surface area is 183 Å². The molecule has 2 amide bonds. The van der Waals surface area contributed by atoms with E-state index in [2.05, 4.69) is 15.3 Å². The van der Waals surface area contributed by atoms with Gasteiger partial charge < -0.3 is 10.2 Å². The molecule has 4 rings (SSSR count). The Balaban J connectivity index is 1.40. The zero-order chi connectivity index (χ0) is 21.1. The maximum Gasteiger partial charge on any atom is 0.264 e. The number of hydrogen-bond donors (Lipinski definition) is 1. The third-order valence-corrected chi connectivity index (χ3v) is 6.57. The number of hydrogen-bond acceptors (Lipinski definition) is 6. The summed E-state index contributed by atoms with van der Waals surface area (Å²) in [7, 11) is 0. The second-order valence-electron chi connectivity index (χ2n) is 7.18. The first kappa shape index (κ1) is 20.6. The summed E-state index contributed by atoms with van der Waals surface area (Å²) in [5, 5.41) is 5.54. The highest BCUT2D eigenvalue weighted by Gasteiger charge is 2.34. The van der Waals surface area contributed by atoms with Crippen molar-refractivity contribution < 1.29 is 9.59 Å². The fraction of sp³-hybridized carbons (Fsp3) is 0.273. The van der Waals surface area contributed by atoms with Crippen LogP contribution in [0.15, 0.2) is 57.9 Å². The lowest BCUT2D eigenvalue weighted by Gasteiger charge is -2.23. The number of anilines is 1. The molecule has 0 radical (unpaired) electrons. The van der Waals surface area contributed by atoms with Crippen molar-refractivity contribution in [2.45, 2.75) is 42.8 Å². The minimum absolute atomic E-state index is 0.0668. The molecule has 3 aromatic rings. The quantitative estimate of drug-likeness (QED) is 0.592. The number of aromatic nitrogens is 2. The largest absolute Gasteiger partial charge is 0.326 e. The zero-order valence-electron chi connectivity index (χ0n) is 16.8. The fourth-order valence-electron chi connectivity index (χ4n) is 3.50. The predicted octanol–water partition coefficient (Wildman–Crippen LogP) is 4.55. The van der Waals surface area contributed by atoms with Gasteiger partial charge in [0.2, 0.25) is 5.91 Å². The second kappa shape index (κ2) is 8.97. The average molecular weight is 439 g/mol. The maximum atomic E-state index is 12.8. The average Bonchev–Trinajstić information content (AvgIpc) is 3.40. The highest BCUT2D eigenvalue weighted by molar-refractivity contribution is 7.99. The molecule has 6 nitrogen and oxygen atoms in total. The van der Waals surface area contributed by atoms with Crippen molar-refractivity contribution in [2.24, 2.45) is 0 Å². The van der Waals surface area contributed by atoms with E-state index in [9.17, 15) is 9.59 Å². The van der Waals surface area contributed by atoms with E-state index in [4.69, 9.17) is 0 Å². The monoisotopic (exact) mass is 438 g/mol. The molecule has 1 fully saturated rings. The molecule has 8 heteroatoms. The van der Waals surface area contributed by atoms with Crippen molar-refractivity contribution in [3.8, 4) is 0 Å². The molecule has 2 aromatic heterocycles. The molecular formula is C22H22N4O2S2. The molecular weight excluding hydrogens is 416 g/mol. The molecule has 1 atom stereocenters. The number of carbonyl (C=O) groups excluding carboxylic acids is 2. The molecule has 1 saturated heterocycles. The summed E-state index contributed by atoms with van der Waals surface area (Å²) in [5.74, 6) is -0.210. The van der Waals surface area contributed by atoms with Crippen molar-refractivity contribution >= 4 is 40.6 Å². The Morgan fingerprint density at radius 2 is 1.87 bits per heavy atom. The van der Waals surface area contributed by atoms with Crippen LogP contribution in [-0.4, -0.2) is 39.3 Å². The van der Waals surface area contributed by atoms with Gasteiger partial charge in [-0.05, 0) is 80.2 Å². The Hall–Kier alpha value is -2.71. The molecule has 1 N–H and O–H groups in total. The molecule has 0 spiro atoms. The highest BCUT2D eigenvalue weighted by atomic mass is 32.2. The van der Waals surface area contributed by atoms with Crippen LogP contribution in [0.5, 0.6) is 0 Å². The predicted molar refractivity (Wildman–Crippen MR) is 119 cm³/mol. The van der Waals surface area contributed by atoms with Crippen LogP contribution in [-0.2, 0) is 4.79 Å². The van der Waals surface area contributed by atoms with Crippen molar-refractivity contribution in [1.29, 1.82) is 0 Å².